The second-order valence-electron chi connectivity index (χ2n) is 4.55. The lowest BCUT2D eigenvalue weighted by atomic mass is 9.88. The molecule has 74 valence electrons. The Balaban J connectivity index is 1.91. The average molecular weight is 202 g/mol. The zero-order chi connectivity index (χ0) is 9.97. The van der Waals surface area contributed by atoms with Crippen LogP contribution in [0, 0.1) is 5.92 Å². The Morgan fingerprint density at radius 1 is 1.21 bits per heavy atom. The highest BCUT2D eigenvalue weighted by molar-refractivity contribution is 6.64. The molecular weight excluding hydrogens is 184 g/mol. The molecule has 0 aliphatic heterocycles. The van der Waals surface area contributed by atoms with Crippen LogP contribution in [0.5, 0.6) is 0 Å². The molecule has 0 amide bonds. The first-order valence-electron chi connectivity index (χ1n) is 5.50. The Morgan fingerprint density at radius 2 is 1.86 bits per heavy atom. The molecule has 0 fully saturated rings. The quantitative estimate of drug-likeness (QED) is 0.660. The summed E-state index contributed by atoms with van der Waals surface area (Å²) in [5.41, 5.74) is 1.48. The topological polar surface area (TPSA) is 0 Å². The smallest absolute Gasteiger partial charge is 0.0591 e. The van der Waals surface area contributed by atoms with Crippen LogP contribution in [0.25, 0.3) is 0 Å². The van der Waals surface area contributed by atoms with Gasteiger partial charge in [0, 0.05) is 0 Å². The predicted octanol–water partition coefficient (Wildman–Crippen LogP) is 3.20. The summed E-state index contributed by atoms with van der Waals surface area (Å²) in [5.74, 6) is 0.835. The molecule has 0 radical (unpaired) electrons. The standard InChI is InChI=1S/C13H18Si/c1-14(2)13-9-12(10-13)8-11-6-4-3-5-7-11/h3-7,9,12,14H,8,10H2,1-2H3. The molecule has 0 saturated heterocycles. The van der Waals surface area contributed by atoms with Gasteiger partial charge in [-0.25, -0.2) is 0 Å². The van der Waals surface area contributed by atoms with Crippen LogP contribution in [-0.2, 0) is 6.42 Å². The molecular formula is C13H18Si. The van der Waals surface area contributed by atoms with Gasteiger partial charge in [0.15, 0.2) is 0 Å². The lowest BCUT2D eigenvalue weighted by Gasteiger charge is -2.27. The monoisotopic (exact) mass is 202 g/mol. The minimum Gasteiger partial charge on any atom is -0.0876 e. The zero-order valence-corrected chi connectivity index (χ0v) is 10.2. The lowest BCUT2D eigenvalue weighted by molar-refractivity contribution is 0.594. The Labute approximate surface area is 88.3 Å². The number of hydrogen-bond acceptors (Lipinski definition) is 0. The Hall–Kier alpha value is -0.823. The van der Waals surface area contributed by atoms with Crippen molar-refractivity contribution < 1.29 is 0 Å². The predicted molar refractivity (Wildman–Crippen MR) is 65.2 cm³/mol. The lowest BCUT2D eigenvalue weighted by Crippen LogP contribution is -2.21. The van der Waals surface area contributed by atoms with Crippen LogP contribution in [0.15, 0.2) is 41.6 Å². The van der Waals surface area contributed by atoms with E-state index in [2.05, 4.69) is 49.5 Å². The van der Waals surface area contributed by atoms with Crippen LogP contribution in [0.2, 0.25) is 13.1 Å². The van der Waals surface area contributed by atoms with Crippen molar-refractivity contribution in [1.82, 2.24) is 0 Å². The molecule has 0 aromatic heterocycles. The Morgan fingerprint density at radius 3 is 2.43 bits per heavy atom. The maximum atomic E-state index is 2.52. The van der Waals surface area contributed by atoms with Gasteiger partial charge in [-0.05, 0) is 24.3 Å². The summed E-state index contributed by atoms with van der Waals surface area (Å²) in [4.78, 5) is 0. The third-order valence-corrected chi connectivity index (χ3v) is 4.94. The molecule has 1 unspecified atom stereocenters. The second kappa shape index (κ2) is 4.14. The van der Waals surface area contributed by atoms with Gasteiger partial charge in [0.2, 0.25) is 0 Å². The van der Waals surface area contributed by atoms with Crippen LogP contribution >= 0.6 is 0 Å². The summed E-state index contributed by atoms with van der Waals surface area (Å²) in [6, 6.07) is 10.8. The summed E-state index contributed by atoms with van der Waals surface area (Å²) in [7, 11) is -0.463. The highest BCUT2D eigenvalue weighted by atomic mass is 28.3. The van der Waals surface area contributed by atoms with E-state index >= 15 is 0 Å². The van der Waals surface area contributed by atoms with Crippen molar-refractivity contribution >= 4 is 8.80 Å². The molecule has 1 aliphatic rings. The molecule has 1 aliphatic carbocycles. The third-order valence-electron chi connectivity index (χ3n) is 3.03. The first-order valence-corrected chi connectivity index (χ1v) is 8.39. The molecule has 1 aromatic rings. The first kappa shape index (κ1) is 9.72. The van der Waals surface area contributed by atoms with Gasteiger partial charge in [-0.3, -0.25) is 0 Å². The average Bonchev–Trinajstić information content (AvgIpc) is 2.12. The van der Waals surface area contributed by atoms with E-state index in [-0.39, 0.29) is 0 Å². The van der Waals surface area contributed by atoms with Gasteiger partial charge in [-0.1, -0.05) is 54.7 Å². The van der Waals surface area contributed by atoms with E-state index in [1.54, 1.807) is 5.20 Å². The van der Waals surface area contributed by atoms with Crippen molar-refractivity contribution in [3.8, 4) is 0 Å². The van der Waals surface area contributed by atoms with Gasteiger partial charge in [0.1, 0.15) is 0 Å². The summed E-state index contributed by atoms with van der Waals surface area (Å²) >= 11 is 0. The molecule has 0 N–H and O–H groups in total. The van der Waals surface area contributed by atoms with Crippen molar-refractivity contribution in [2.75, 3.05) is 0 Å². The largest absolute Gasteiger partial charge is 0.0876 e. The minimum atomic E-state index is -0.463. The summed E-state index contributed by atoms with van der Waals surface area (Å²) < 4.78 is 0. The van der Waals surface area contributed by atoms with Gasteiger partial charge >= 0.3 is 0 Å². The van der Waals surface area contributed by atoms with Crippen LogP contribution in [-0.4, -0.2) is 8.80 Å². The van der Waals surface area contributed by atoms with E-state index in [0.29, 0.717) is 0 Å². The van der Waals surface area contributed by atoms with E-state index in [9.17, 15) is 0 Å². The summed E-state index contributed by atoms with van der Waals surface area (Å²) in [6.07, 6.45) is 5.13. The summed E-state index contributed by atoms with van der Waals surface area (Å²) in [6.45, 7) is 4.84. The molecule has 2 rings (SSSR count). The Kier molecular flexibility index (Phi) is 2.87. The van der Waals surface area contributed by atoms with Crippen molar-refractivity contribution in [2.24, 2.45) is 5.92 Å². The maximum Gasteiger partial charge on any atom is 0.0591 e. The number of hydrogen-bond donors (Lipinski definition) is 0. The van der Waals surface area contributed by atoms with Gasteiger partial charge in [-0.15, -0.1) is 0 Å². The fourth-order valence-electron chi connectivity index (χ4n) is 2.05. The summed E-state index contributed by atoms with van der Waals surface area (Å²) in [5, 5.41) is 1.78. The van der Waals surface area contributed by atoms with Gasteiger partial charge in [0.25, 0.3) is 0 Å². The SMILES string of the molecule is C[SiH](C)C1=CC(Cc2ccccc2)C1. The van der Waals surface area contributed by atoms with E-state index in [4.69, 9.17) is 0 Å². The van der Waals surface area contributed by atoms with Crippen molar-refractivity contribution in [3.63, 3.8) is 0 Å². The van der Waals surface area contributed by atoms with Crippen molar-refractivity contribution in [2.45, 2.75) is 25.9 Å². The maximum absolute atomic E-state index is 2.52. The molecule has 0 spiro atoms. The first-order chi connectivity index (χ1) is 6.75. The fraction of sp³-hybridized carbons (Fsp3) is 0.385. The van der Waals surface area contributed by atoms with Crippen molar-refractivity contribution in [3.05, 3.63) is 47.2 Å². The van der Waals surface area contributed by atoms with E-state index in [1.807, 2.05) is 0 Å². The molecule has 0 heterocycles. The number of rotatable bonds is 3. The van der Waals surface area contributed by atoms with Crippen molar-refractivity contribution in [1.29, 1.82) is 0 Å². The van der Waals surface area contributed by atoms with Gasteiger partial charge in [0.05, 0.1) is 8.80 Å². The zero-order valence-electron chi connectivity index (χ0n) is 9.03. The number of allylic oxidation sites excluding steroid dienone is 2. The van der Waals surface area contributed by atoms with Crippen LogP contribution in [0.3, 0.4) is 0 Å². The molecule has 1 atom stereocenters. The molecule has 14 heavy (non-hydrogen) atoms. The molecule has 1 heteroatoms. The van der Waals surface area contributed by atoms with Crippen LogP contribution in [0.4, 0.5) is 0 Å². The van der Waals surface area contributed by atoms with E-state index in [0.717, 1.165) is 5.92 Å². The van der Waals surface area contributed by atoms with Crippen LogP contribution in [0.1, 0.15) is 12.0 Å². The van der Waals surface area contributed by atoms with E-state index in [1.165, 1.54) is 18.4 Å². The molecule has 1 aromatic carbocycles. The van der Waals surface area contributed by atoms with Gasteiger partial charge in [-0.2, -0.15) is 0 Å². The van der Waals surface area contributed by atoms with Gasteiger partial charge < -0.3 is 0 Å². The molecule has 0 bridgehead atoms. The highest BCUT2D eigenvalue weighted by Gasteiger charge is 2.21. The normalized spacial score (nSPS) is 20.5. The molecule has 0 saturated carbocycles. The van der Waals surface area contributed by atoms with E-state index < -0.39 is 8.80 Å². The number of benzene rings is 1. The molecule has 0 nitrogen and oxygen atoms in total. The highest BCUT2D eigenvalue weighted by Crippen LogP contribution is 2.30. The minimum absolute atomic E-state index is 0.463. The van der Waals surface area contributed by atoms with Crippen LogP contribution < -0.4 is 0 Å². The fourth-order valence-corrected chi connectivity index (χ4v) is 3.48. The third kappa shape index (κ3) is 2.15. The second-order valence-corrected chi connectivity index (χ2v) is 7.60. The Bertz CT molecular complexity index is 324.